The summed E-state index contributed by atoms with van der Waals surface area (Å²) in [4.78, 5) is 21.0. The second kappa shape index (κ2) is 6.42. The Balaban J connectivity index is 3.79. The van der Waals surface area contributed by atoms with Gasteiger partial charge in [-0.15, -0.1) is 0 Å². The molecule has 0 saturated carbocycles. The van der Waals surface area contributed by atoms with E-state index in [2.05, 4.69) is 4.74 Å². The highest BCUT2D eigenvalue weighted by Crippen LogP contribution is 1.95. The fourth-order valence-corrected chi connectivity index (χ4v) is 0.747. The second-order valence-electron chi connectivity index (χ2n) is 2.49. The fourth-order valence-electron chi connectivity index (χ4n) is 0.747. The third-order valence-corrected chi connectivity index (χ3v) is 1.16. The van der Waals surface area contributed by atoms with E-state index in [1.54, 1.807) is 0 Å². The van der Waals surface area contributed by atoms with E-state index in [-0.39, 0.29) is 13.2 Å². The van der Waals surface area contributed by atoms with Crippen LogP contribution in [0.2, 0.25) is 0 Å². The predicted molar refractivity (Wildman–Crippen MR) is 44.1 cm³/mol. The van der Waals surface area contributed by atoms with Crippen molar-refractivity contribution in [2.75, 3.05) is 20.3 Å². The molecule has 1 atom stereocenters. The van der Waals surface area contributed by atoms with E-state index in [0.29, 0.717) is 0 Å². The Bertz CT molecular complexity index is 177. The third-order valence-electron chi connectivity index (χ3n) is 1.16. The highest BCUT2D eigenvalue weighted by Gasteiger charge is 2.12. The lowest BCUT2D eigenvalue weighted by Crippen LogP contribution is -2.27. The highest BCUT2D eigenvalue weighted by atomic mass is 16.6. The van der Waals surface area contributed by atoms with Gasteiger partial charge in [0.05, 0.1) is 6.61 Å². The molecule has 0 heterocycles. The summed E-state index contributed by atoms with van der Waals surface area (Å²) in [7, 11) is 1.48. The van der Waals surface area contributed by atoms with E-state index in [1.165, 1.54) is 21.0 Å². The van der Waals surface area contributed by atoms with Crippen molar-refractivity contribution in [1.82, 2.24) is 0 Å². The molecule has 0 spiro atoms. The maximum atomic E-state index is 10.6. The van der Waals surface area contributed by atoms with E-state index in [1.807, 2.05) is 0 Å². The molecule has 76 valence electrons. The molecule has 0 radical (unpaired) electrons. The van der Waals surface area contributed by atoms with Gasteiger partial charge in [-0.25, -0.2) is 0 Å². The van der Waals surface area contributed by atoms with E-state index >= 15 is 0 Å². The summed E-state index contributed by atoms with van der Waals surface area (Å²) < 4.78 is 14.2. The standard InChI is InChI=1S/C8H14O5/c1-6(9)12-5-8(4-11-3)13-7(2)10/h8H,4-5H2,1-3H3. The summed E-state index contributed by atoms with van der Waals surface area (Å²) in [6.45, 7) is 2.82. The number of ether oxygens (including phenoxy) is 3. The zero-order valence-corrected chi connectivity index (χ0v) is 8.03. The van der Waals surface area contributed by atoms with Gasteiger partial charge in [0, 0.05) is 21.0 Å². The maximum Gasteiger partial charge on any atom is 0.303 e. The first-order chi connectivity index (χ1) is 6.06. The summed E-state index contributed by atoms with van der Waals surface area (Å²) >= 11 is 0. The Morgan fingerprint density at radius 1 is 1.15 bits per heavy atom. The molecular weight excluding hydrogens is 176 g/mol. The summed E-state index contributed by atoms with van der Waals surface area (Å²) in [5.41, 5.74) is 0. The summed E-state index contributed by atoms with van der Waals surface area (Å²) in [6.07, 6.45) is -0.522. The van der Waals surface area contributed by atoms with Gasteiger partial charge in [-0.05, 0) is 0 Å². The molecule has 13 heavy (non-hydrogen) atoms. The Labute approximate surface area is 77.0 Å². The van der Waals surface area contributed by atoms with Crippen molar-refractivity contribution in [3.63, 3.8) is 0 Å². The molecule has 0 aliphatic carbocycles. The highest BCUT2D eigenvalue weighted by molar-refractivity contribution is 5.67. The van der Waals surface area contributed by atoms with Crippen LogP contribution < -0.4 is 0 Å². The number of hydrogen-bond acceptors (Lipinski definition) is 5. The lowest BCUT2D eigenvalue weighted by atomic mass is 10.4. The number of methoxy groups -OCH3 is 1. The minimum absolute atomic E-state index is 0.0305. The van der Waals surface area contributed by atoms with E-state index in [0.717, 1.165) is 0 Å². The molecule has 0 N–H and O–H groups in total. The molecule has 1 unspecified atom stereocenters. The third kappa shape index (κ3) is 7.27. The van der Waals surface area contributed by atoms with Crippen LogP contribution in [-0.4, -0.2) is 38.4 Å². The van der Waals surface area contributed by atoms with Crippen LogP contribution in [0.15, 0.2) is 0 Å². The molecule has 0 fully saturated rings. The molecule has 5 heteroatoms. The molecule has 0 aromatic rings. The first-order valence-corrected chi connectivity index (χ1v) is 3.85. The molecule has 0 rings (SSSR count). The average Bonchev–Trinajstić information content (AvgIpc) is 1.99. The van der Waals surface area contributed by atoms with Crippen molar-refractivity contribution in [3.8, 4) is 0 Å². The van der Waals surface area contributed by atoms with Gasteiger partial charge in [-0.1, -0.05) is 0 Å². The van der Waals surface area contributed by atoms with Gasteiger partial charge in [0.1, 0.15) is 6.61 Å². The first kappa shape index (κ1) is 11.9. The monoisotopic (exact) mass is 190 g/mol. The molecule has 0 saturated heterocycles. The number of hydrogen-bond donors (Lipinski definition) is 0. The van der Waals surface area contributed by atoms with Crippen molar-refractivity contribution >= 4 is 11.9 Å². The lowest BCUT2D eigenvalue weighted by Gasteiger charge is -2.15. The second-order valence-corrected chi connectivity index (χ2v) is 2.49. The maximum absolute atomic E-state index is 10.6. The first-order valence-electron chi connectivity index (χ1n) is 3.85. The Hall–Kier alpha value is -1.10. The van der Waals surface area contributed by atoms with Crippen LogP contribution in [0.4, 0.5) is 0 Å². The van der Waals surface area contributed by atoms with Gasteiger partial charge in [-0.3, -0.25) is 9.59 Å². The van der Waals surface area contributed by atoms with Gasteiger partial charge in [0.15, 0.2) is 6.10 Å². The Morgan fingerprint density at radius 3 is 2.15 bits per heavy atom. The van der Waals surface area contributed by atoms with Crippen LogP contribution in [0, 0.1) is 0 Å². The minimum Gasteiger partial charge on any atom is -0.462 e. The normalized spacial score (nSPS) is 11.9. The van der Waals surface area contributed by atoms with Crippen LogP contribution in [0.5, 0.6) is 0 Å². The number of carbonyl (C=O) groups excluding carboxylic acids is 2. The molecule has 0 bridgehead atoms. The summed E-state index contributed by atoms with van der Waals surface area (Å²) in [6, 6.07) is 0. The molecule has 0 aromatic heterocycles. The van der Waals surface area contributed by atoms with E-state index in [4.69, 9.17) is 9.47 Å². The number of carbonyl (C=O) groups is 2. The zero-order chi connectivity index (χ0) is 10.3. The smallest absolute Gasteiger partial charge is 0.303 e. The molecule has 5 nitrogen and oxygen atoms in total. The number of esters is 2. The molecule has 0 aromatic carbocycles. The topological polar surface area (TPSA) is 61.8 Å². The van der Waals surface area contributed by atoms with E-state index < -0.39 is 18.0 Å². The summed E-state index contributed by atoms with van der Waals surface area (Å²) in [5.74, 6) is -0.831. The summed E-state index contributed by atoms with van der Waals surface area (Å²) in [5, 5.41) is 0. The minimum atomic E-state index is -0.522. The van der Waals surface area contributed by atoms with Gasteiger partial charge >= 0.3 is 11.9 Å². The molecule has 0 amide bonds. The van der Waals surface area contributed by atoms with Gasteiger partial charge in [0.2, 0.25) is 0 Å². The van der Waals surface area contributed by atoms with Crippen LogP contribution in [0.1, 0.15) is 13.8 Å². The van der Waals surface area contributed by atoms with E-state index in [9.17, 15) is 9.59 Å². The Kier molecular flexibility index (Phi) is 5.88. The van der Waals surface area contributed by atoms with Gasteiger partial charge < -0.3 is 14.2 Å². The van der Waals surface area contributed by atoms with Gasteiger partial charge in [0.25, 0.3) is 0 Å². The van der Waals surface area contributed by atoms with Crippen LogP contribution in [0.25, 0.3) is 0 Å². The van der Waals surface area contributed by atoms with Crippen LogP contribution in [-0.2, 0) is 23.8 Å². The molecule has 0 aliphatic rings. The zero-order valence-electron chi connectivity index (χ0n) is 8.03. The molecular formula is C8H14O5. The Morgan fingerprint density at radius 2 is 1.77 bits per heavy atom. The molecule has 0 aliphatic heterocycles. The van der Waals surface area contributed by atoms with Crippen molar-refractivity contribution in [1.29, 1.82) is 0 Å². The SMILES string of the molecule is COCC(COC(C)=O)OC(C)=O. The van der Waals surface area contributed by atoms with Crippen LogP contribution in [0.3, 0.4) is 0 Å². The predicted octanol–water partition coefficient (Wildman–Crippen LogP) is 0.128. The quantitative estimate of drug-likeness (QED) is 0.576. The lowest BCUT2D eigenvalue weighted by molar-refractivity contribution is -0.159. The van der Waals surface area contributed by atoms with Crippen molar-refractivity contribution in [3.05, 3.63) is 0 Å². The van der Waals surface area contributed by atoms with Gasteiger partial charge in [-0.2, -0.15) is 0 Å². The fraction of sp³-hybridized carbons (Fsp3) is 0.750. The number of rotatable bonds is 5. The van der Waals surface area contributed by atoms with Crippen molar-refractivity contribution < 1.29 is 23.8 Å². The van der Waals surface area contributed by atoms with Crippen LogP contribution >= 0.6 is 0 Å². The van der Waals surface area contributed by atoms with Crippen molar-refractivity contribution in [2.45, 2.75) is 20.0 Å². The average molecular weight is 190 g/mol. The van der Waals surface area contributed by atoms with Crippen molar-refractivity contribution in [2.24, 2.45) is 0 Å². The largest absolute Gasteiger partial charge is 0.462 e.